The first kappa shape index (κ1) is 123. The average molecular weight is 2200 g/mol. The minimum atomic E-state index is -0.188. The second-order valence-electron chi connectivity index (χ2n) is 37.2. The van der Waals surface area contributed by atoms with E-state index >= 15 is 0 Å². The van der Waals surface area contributed by atoms with E-state index in [0.29, 0.717) is 41.1 Å². The van der Waals surface area contributed by atoms with Crippen LogP contribution in [-0.4, -0.2) is 0 Å². The molecule has 4 nitrogen and oxygen atoms in total. The fourth-order valence-corrected chi connectivity index (χ4v) is 21.6. The van der Waals surface area contributed by atoms with Gasteiger partial charge in [-0.2, -0.15) is 5.26 Å². The summed E-state index contributed by atoms with van der Waals surface area (Å²) in [5.74, 6) is 16.9. The molecule has 14 rings (SSSR count). The van der Waals surface area contributed by atoms with Crippen LogP contribution in [-0.2, 0) is 80.5 Å². The van der Waals surface area contributed by atoms with E-state index in [2.05, 4.69) is 279 Å². The Hall–Kier alpha value is -5.19. The molecule has 3 aromatic heterocycles. The number of hydrogen-bond donors (Lipinski definition) is 0. The van der Waals surface area contributed by atoms with Crippen LogP contribution in [0.2, 0.25) is 0 Å². The van der Waals surface area contributed by atoms with Crippen molar-refractivity contribution in [2.75, 3.05) is 0 Å². The maximum Gasteiger partial charge on any atom is 2.00 e. The van der Waals surface area contributed by atoms with Crippen molar-refractivity contribution in [1.82, 2.24) is 0 Å². The predicted octanol–water partition coefficient (Wildman–Crippen LogP) is 32.0. The second-order valence-corrected chi connectivity index (χ2v) is 37.2. The Labute approximate surface area is 792 Å². The Morgan fingerprint density at radius 3 is 0.828 bits per heavy atom. The Kier molecular flexibility index (Phi) is 54.7. The Morgan fingerprint density at radius 1 is 0.287 bits per heavy atom. The number of hydrogen-bond acceptors (Lipinski definition) is 1. The molecule has 6 aliphatic rings. The van der Waals surface area contributed by atoms with E-state index in [1.165, 1.54) is 137 Å². The van der Waals surface area contributed by atoms with Gasteiger partial charge in [0.05, 0.1) is 17.2 Å². The quantitative estimate of drug-likeness (QED) is 0.110. The van der Waals surface area contributed by atoms with Gasteiger partial charge in [0.1, 0.15) is 32.8 Å². The third kappa shape index (κ3) is 27.9. The number of aryl methyl sites for hydroxylation is 10. The van der Waals surface area contributed by atoms with E-state index in [0.717, 1.165) is 134 Å². The van der Waals surface area contributed by atoms with Crippen molar-refractivity contribution in [1.29, 1.82) is 5.26 Å². The third-order valence-electron chi connectivity index (χ3n) is 31.1. The van der Waals surface area contributed by atoms with E-state index in [1.807, 2.05) is 44.2 Å². The molecule has 0 spiro atoms. The minimum Gasteiger partial charge on any atom is -0.358 e. The summed E-state index contributed by atoms with van der Waals surface area (Å²) in [5, 5.41) is 9.33. The molecule has 0 bridgehead atoms. The molecule has 9 heteroatoms. The van der Waals surface area contributed by atoms with Gasteiger partial charge >= 0.3 is 59.4 Å². The van der Waals surface area contributed by atoms with Crippen molar-refractivity contribution in [2.24, 2.45) is 128 Å². The SMILES string of the molecule is C.C.C.C1CCCC1.CC1C(C)C(C)C(C)C1C.CC1C(C)C(C)C(C)C1C.Cc1cc(F)ccc1-c1ccc(-c2c(C)cc(C3C(C)C(C)C(C)C3C)cc2C)c[n+]1C.Cc1cc(F)ccc1-c1ccc(C2CCCC2)c[n+]1C.Cc1ccc(C#N)cc1-c1ccc(-c2c(C)cc(C3C(C)C(C)C(C)C3C)cc2C)c[n+]1C.[CH3-].[CH3-].[CH3-].[CH3-].[CH3-].[CH3-].[Os+2].[Os+2].[Os+2]. The molecule has 122 heavy (non-hydrogen) atoms. The zero-order chi connectivity index (χ0) is 80.8. The van der Waals surface area contributed by atoms with Gasteiger partial charge in [0.15, 0.2) is 18.6 Å². The van der Waals surface area contributed by atoms with Crippen molar-refractivity contribution >= 4 is 0 Å². The first-order chi connectivity index (χ1) is 52.0. The Balaban J connectivity index is -0.000000726. The van der Waals surface area contributed by atoms with Crippen LogP contribution in [0.4, 0.5) is 8.78 Å². The van der Waals surface area contributed by atoms with Crippen molar-refractivity contribution in [2.45, 2.75) is 271 Å². The summed E-state index contributed by atoms with van der Waals surface area (Å²) in [6.07, 6.45) is 19.5. The van der Waals surface area contributed by atoms with Gasteiger partial charge in [-0.3, -0.25) is 0 Å². The molecule has 8 atom stereocenters. The van der Waals surface area contributed by atoms with Crippen LogP contribution in [0.25, 0.3) is 56.0 Å². The van der Waals surface area contributed by atoms with Gasteiger partial charge in [-0.05, 0) is 314 Å². The van der Waals surface area contributed by atoms with E-state index in [1.54, 1.807) is 12.1 Å². The summed E-state index contributed by atoms with van der Waals surface area (Å²) in [4.78, 5) is 0. The molecular formula is C113H175F2N4Os3+3. The van der Waals surface area contributed by atoms with E-state index in [-0.39, 0.29) is 138 Å². The summed E-state index contributed by atoms with van der Waals surface area (Å²) in [7, 11) is 6.25. The molecule has 0 N–H and O–H groups in total. The van der Waals surface area contributed by atoms with Crippen molar-refractivity contribution in [3.8, 4) is 62.1 Å². The molecule has 6 fully saturated rings. The molecule has 0 radical (unpaired) electrons. The Bertz CT molecular complexity index is 4280. The van der Waals surface area contributed by atoms with Crippen molar-refractivity contribution < 1.29 is 81.9 Å². The van der Waals surface area contributed by atoms with Gasteiger partial charge in [0, 0.05) is 46.0 Å². The minimum absolute atomic E-state index is 0. The van der Waals surface area contributed by atoms with Crippen LogP contribution in [0.1, 0.15) is 284 Å². The fourth-order valence-electron chi connectivity index (χ4n) is 21.6. The third-order valence-corrected chi connectivity index (χ3v) is 31.1. The number of rotatable bonds is 8. The van der Waals surface area contributed by atoms with E-state index in [4.69, 9.17) is 0 Å². The van der Waals surface area contributed by atoms with Gasteiger partial charge in [0.2, 0.25) is 17.1 Å². The number of halogens is 2. The van der Waals surface area contributed by atoms with Crippen molar-refractivity contribution in [3.05, 3.63) is 251 Å². The molecule has 3 heterocycles. The van der Waals surface area contributed by atoms with Crippen LogP contribution in [0, 0.1) is 223 Å². The van der Waals surface area contributed by atoms with E-state index in [9.17, 15) is 14.0 Å². The summed E-state index contributed by atoms with van der Waals surface area (Å²) in [5.41, 5.74) is 25.4. The summed E-state index contributed by atoms with van der Waals surface area (Å²) in [6, 6.07) is 41.1. The van der Waals surface area contributed by atoms with E-state index < -0.39 is 0 Å². The second kappa shape index (κ2) is 54.2. The maximum absolute atomic E-state index is 13.6. The largest absolute Gasteiger partial charge is 2.00 e. The van der Waals surface area contributed by atoms with Gasteiger partial charge in [0.25, 0.3) is 0 Å². The first-order valence-corrected chi connectivity index (χ1v) is 43.3. The first-order valence-electron chi connectivity index (χ1n) is 43.3. The number of nitriles is 1. The predicted molar refractivity (Wildman–Crippen MR) is 521 cm³/mol. The maximum atomic E-state index is 13.6. The molecule has 5 aromatic carbocycles. The molecule has 8 aromatic rings. The zero-order valence-corrected chi connectivity index (χ0v) is 88.4. The Morgan fingerprint density at radius 2 is 0.557 bits per heavy atom. The summed E-state index contributed by atoms with van der Waals surface area (Å²) >= 11 is 0. The molecule has 0 saturated heterocycles. The van der Waals surface area contributed by atoms with Crippen LogP contribution in [0.15, 0.2) is 134 Å². The number of pyridine rings is 3. The van der Waals surface area contributed by atoms with Crippen LogP contribution in [0.3, 0.4) is 0 Å². The molecule has 6 saturated carbocycles. The normalized spacial score (nSPS) is 26.0. The topological polar surface area (TPSA) is 35.4 Å². The molecule has 0 amide bonds. The van der Waals surface area contributed by atoms with Gasteiger partial charge in [-0.1, -0.05) is 222 Å². The van der Waals surface area contributed by atoms with Crippen LogP contribution >= 0.6 is 0 Å². The summed E-state index contributed by atoms with van der Waals surface area (Å²) in [6.45, 7) is 58.5. The molecular weight excluding hydrogens is 2020 g/mol. The number of benzene rings is 5. The molecule has 8 unspecified atom stereocenters. The molecule has 682 valence electrons. The van der Waals surface area contributed by atoms with Crippen LogP contribution < -0.4 is 13.7 Å². The molecule has 6 aliphatic carbocycles. The van der Waals surface area contributed by atoms with Gasteiger partial charge in [-0.15, -0.1) is 0 Å². The van der Waals surface area contributed by atoms with Crippen LogP contribution in [0.5, 0.6) is 0 Å². The summed E-state index contributed by atoms with van der Waals surface area (Å²) < 4.78 is 33.3. The van der Waals surface area contributed by atoms with Crippen molar-refractivity contribution in [3.63, 3.8) is 0 Å². The standard InChI is InChI=1S/C31H37N2.C30H37FN.C18H21FN.2C10H20.C5H10.3CH4.6CH3.3Os/c1-18-9-10-25(16-32)15-28(18)29-12-11-26(17-33(29)8)30-19(2)13-27(14-20(30)3)31-23(6)21(4)22(5)24(31)7;1-17-15-26(31)10-11-27(17)28-12-9-24(16-32(28)8)29-18(2)13-25(14-19(29)3)30-22(6)20(4)21(5)23(30)7;1-13-11-16(19)8-9-17(13)18-10-7-15(12-20(18)2)14-5-3-4-6-14;2*1-6-7(2)9(4)10(5)8(6)3;1-2-4-5-3-1;;;;;;;;;;;;/h9-15,17,21-24,31H,1-8H3;9-16,20-23,30H,1-8H3;7-12,14H,3-6H2,1-2H3;2*6-10H,1-5H3;1-5H2;3*1H4;6*1H3;;;/q3*+1;;;;;;;6*-1;3*+2. The van der Waals surface area contributed by atoms with Gasteiger partial charge < -0.3 is 44.6 Å². The van der Waals surface area contributed by atoms with Gasteiger partial charge in [-0.25, -0.2) is 22.5 Å². The molecule has 0 aliphatic heterocycles. The zero-order valence-electron chi connectivity index (χ0n) is 80.8. The average Bonchev–Trinajstić information content (AvgIpc) is 1.46. The fraction of sp³-hybridized carbons (Fsp3) is 0.540. The smallest absolute Gasteiger partial charge is 0.358 e. The number of nitrogens with zero attached hydrogens (tertiary/aromatic N) is 4. The number of aromatic nitrogens is 3. The monoisotopic (exact) mass is 2200 g/mol.